The van der Waals surface area contributed by atoms with Crippen LogP contribution in [0.25, 0.3) is 0 Å². The third-order valence-corrected chi connectivity index (χ3v) is 3.23. The summed E-state index contributed by atoms with van der Waals surface area (Å²) in [5.41, 5.74) is 2.59. The summed E-state index contributed by atoms with van der Waals surface area (Å²) in [6.45, 7) is 0.683. The lowest BCUT2D eigenvalue weighted by atomic mass is 10.1. The molecule has 2 rings (SSSR count). The van der Waals surface area contributed by atoms with E-state index in [2.05, 4.69) is 5.43 Å². The molecule has 0 aliphatic carbocycles. The van der Waals surface area contributed by atoms with Gasteiger partial charge in [0.2, 0.25) is 0 Å². The first-order valence-electron chi connectivity index (χ1n) is 6.33. The molecular weight excluding hydrogens is 280 g/mol. The number of benzene rings is 1. The van der Waals surface area contributed by atoms with Crippen molar-refractivity contribution >= 4 is 17.3 Å². The van der Waals surface area contributed by atoms with E-state index < -0.39 is 16.9 Å². The van der Waals surface area contributed by atoms with Crippen LogP contribution in [0.3, 0.4) is 0 Å². The molecule has 0 aromatic heterocycles. The van der Waals surface area contributed by atoms with Gasteiger partial charge < -0.3 is 20.2 Å². The van der Waals surface area contributed by atoms with E-state index >= 15 is 0 Å². The topological polar surface area (TPSA) is 131 Å². The number of non-ortho nitro benzene ring substituents is 1. The molecule has 0 radical (unpaired) electrons. The number of rotatable bonds is 4. The number of nitrogens with one attached hydrogen (secondary N) is 1. The number of aliphatic hydroxyl groups is 1. The number of ether oxygens (including phenoxy) is 1. The fourth-order valence-electron chi connectivity index (χ4n) is 2.13. The predicted molar refractivity (Wildman–Crippen MR) is 73.6 cm³/mol. The number of amides is 1. The first-order chi connectivity index (χ1) is 10.1. The Bertz CT molecular complexity index is 550. The van der Waals surface area contributed by atoms with Gasteiger partial charge in [-0.1, -0.05) is 0 Å². The van der Waals surface area contributed by atoms with Crippen LogP contribution >= 0.6 is 0 Å². The van der Waals surface area contributed by atoms with Gasteiger partial charge in [0.15, 0.2) is 0 Å². The van der Waals surface area contributed by atoms with Gasteiger partial charge in [0.1, 0.15) is 0 Å². The van der Waals surface area contributed by atoms with Gasteiger partial charge in [-0.3, -0.25) is 20.8 Å². The van der Waals surface area contributed by atoms with Crippen LogP contribution in [0.1, 0.15) is 10.4 Å². The minimum absolute atomic E-state index is 0.116. The van der Waals surface area contributed by atoms with Crippen LogP contribution in [0.2, 0.25) is 0 Å². The average molecular weight is 296 g/mol. The number of nitrogens with zero attached hydrogens (tertiary/aromatic N) is 2. The minimum Gasteiger partial charge on any atom is -0.394 e. The van der Waals surface area contributed by atoms with E-state index in [1.807, 2.05) is 0 Å². The second-order valence-corrected chi connectivity index (χ2v) is 4.56. The Morgan fingerprint density at radius 1 is 1.62 bits per heavy atom. The number of hydrazine groups is 1. The van der Waals surface area contributed by atoms with Gasteiger partial charge in [0, 0.05) is 25.2 Å². The molecule has 1 amide bonds. The number of hydrogen-bond donors (Lipinski definition) is 3. The fraction of sp³-hybridized carbons (Fsp3) is 0.417. The maximum absolute atomic E-state index is 12.5. The summed E-state index contributed by atoms with van der Waals surface area (Å²) < 4.78 is 5.27. The molecule has 1 fully saturated rings. The van der Waals surface area contributed by atoms with Gasteiger partial charge in [0.25, 0.3) is 11.6 Å². The van der Waals surface area contributed by atoms with Crippen LogP contribution in [0.5, 0.6) is 0 Å². The highest BCUT2D eigenvalue weighted by Gasteiger charge is 2.27. The summed E-state index contributed by atoms with van der Waals surface area (Å²) in [4.78, 5) is 24.2. The number of nitro benzene ring substituents is 1. The molecule has 0 spiro atoms. The summed E-state index contributed by atoms with van der Waals surface area (Å²) in [5.74, 6) is 4.95. The molecule has 1 saturated heterocycles. The van der Waals surface area contributed by atoms with E-state index in [9.17, 15) is 14.9 Å². The van der Waals surface area contributed by atoms with Crippen molar-refractivity contribution in [3.8, 4) is 0 Å². The molecule has 1 unspecified atom stereocenters. The Labute approximate surface area is 120 Å². The van der Waals surface area contributed by atoms with Crippen LogP contribution in [-0.4, -0.2) is 53.2 Å². The van der Waals surface area contributed by atoms with E-state index in [-0.39, 0.29) is 24.4 Å². The van der Waals surface area contributed by atoms with Gasteiger partial charge >= 0.3 is 0 Å². The quantitative estimate of drug-likeness (QED) is 0.395. The normalized spacial score (nSPS) is 18.4. The lowest BCUT2D eigenvalue weighted by molar-refractivity contribution is -0.384. The summed E-state index contributed by atoms with van der Waals surface area (Å²) >= 11 is 0. The molecule has 4 N–H and O–H groups in total. The van der Waals surface area contributed by atoms with Crippen molar-refractivity contribution in [1.82, 2.24) is 4.90 Å². The Balaban J connectivity index is 2.28. The van der Waals surface area contributed by atoms with Crippen LogP contribution in [-0.2, 0) is 4.74 Å². The number of anilines is 1. The number of carbonyl (C=O) groups excluding carboxylic acids is 1. The highest BCUT2D eigenvalue weighted by Crippen LogP contribution is 2.23. The van der Waals surface area contributed by atoms with E-state index in [1.54, 1.807) is 0 Å². The van der Waals surface area contributed by atoms with Gasteiger partial charge in [-0.15, -0.1) is 0 Å². The van der Waals surface area contributed by atoms with Crippen LogP contribution in [0.15, 0.2) is 18.2 Å². The maximum atomic E-state index is 12.5. The molecule has 1 aliphatic rings. The lowest BCUT2D eigenvalue weighted by Crippen LogP contribution is -2.47. The minimum atomic E-state index is -0.576. The van der Waals surface area contributed by atoms with E-state index in [0.29, 0.717) is 18.8 Å². The fourth-order valence-corrected chi connectivity index (χ4v) is 2.13. The van der Waals surface area contributed by atoms with Crippen molar-refractivity contribution in [2.24, 2.45) is 5.84 Å². The van der Waals surface area contributed by atoms with Crippen LogP contribution < -0.4 is 11.3 Å². The summed E-state index contributed by atoms with van der Waals surface area (Å²) in [5, 5.41) is 19.9. The first-order valence-corrected chi connectivity index (χ1v) is 6.33. The molecule has 0 saturated carbocycles. The summed E-state index contributed by atoms with van der Waals surface area (Å²) in [7, 11) is 0. The predicted octanol–water partition coefficient (Wildman–Crippen LogP) is -0.286. The zero-order valence-electron chi connectivity index (χ0n) is 11.2. The summed E-state index contributed by atoms with van der Waals surface area (Å²) in [6.07, 6.45) is -0.448. The molecule has 0 bridgehead atoms. The number of aliphatic hydroxyl groups excluding tert-OH is 1. The number of carbonyl (C=O) groups is 1. The zero-order valence-corrected chi connectivity index (χ0v) is 11.2. The van der Waals surface area contributed by atoms with E-state index in [4.69, 9.17) is 15.7 Å². The number of nitrogens with two attached hydrogens (primary N) is 1. The van der Waals surface area contributed by atoms with Crippen molar-refractivity contribution in [3.05, 3.63) is 33.9 Å². The molecule has 1 aromatic carbocycles. The number of hydrogen-bond acceptors (Lipinski definition) is 7. The zero-order chi connectivity index (χ0) is 15.4. The third-order valence-electron chi connectivity index (χ3n) is 3.23. The Morgan fingerprint density at radius 3 is 3.00 bits per heavy atom. The number of nitrogen functional groups attached to an aromatic ring is 1. The molecule has 9 heteroatoms. The van der Waals surface area contributed by atoms with Gasteiger partial charge in [-0.25, -0.2) is 0 Å². The lowest BCUT2D eigenvalue weighted by Gasteiger charge is -2.32. The molecule has 1 atom stereocenters. The molecule has 1 heterocycles. The second-order valence-electron chi connectivity index (χ2n) is 4.56. The Morgan fingerprint density at radius 2 is 2.38 bits per heavy atom. The van der Waals surface area contributed by atoms with Crippen LogP contribution in [0.4, 0.5) is 11.4 Å². The van der Waals surface area contributed by atoms with Crippen molar-refractivity contribution in [1.29, 1.82) is 0 Å². The molecule has 1 aromatic rings. The van der Waals surface area contributed by atoms with Crippen LogP contribution in [0, 0.1) is 10.1 Å². The monoisotopic (exact) mass is 296 g/mol. The van der Waals surface area contributed by atoms with Crippen molar-refractivity contribution in [3.63, 3.8) is 0 Å². The van der Waals surface area contributed by atoms with Gasteiger partial charge in [-0.05, 0) is 6.07 Å². The average Bonchev–Trinajstić information content (AvgIpc) is 2.53. The standard InChI is InChI=1S/C12H16N4O5/c13-14-11-2-1-8(16(19)20)5-10(11)12(18)15-3-4-21-9(6-15)7-17/h1-2,5,9,14,17H,3-4,6-7,13H2. The Hall–Kier alpha value is -2.23. The molecule has 114 valence electrons. The van der Waals surface area contributed by atoms with Crippen molar-refractivity contribution < 1.29 is 19.6 Å². The first kappa shape index (κ1) is 15.2. The molecular formula is C12H16N4O5. The smallest absolute Gasteiger partial charge is 0.270 e. The molecule has 1 aliphatic heterocycles. The summed E-state index contributed by atoms with van der Waals surface area (Å²) in [6, 6.07) is 3.83. The maximum Gasteiger partial charge on any atom is 0.270 e. The third kappa shape index (κ3) is 3.27. The number of nitro groups is 1. The van der Waals surface area contributed by atoms with E-state index in [0.717, 1.165) is 0 Å². The van der Waals surface area contributed by atoms with Gasteiger partial charge in [-0.2, -0.15) is 0 Å². The molecule has 21 heavy (non-hydrogen) atoms. The molecule has 9 nitrogen and oxygen atoms in total. The largest absolute Gasteiger partial charge is 0.394 e. The SMILES string of the molecule is NNc1ccc([N+](=O)[O-])cc1C(=O)N1CCOC(CO)C1. The Kier molecular flexibility index (Phi) is 4.68. The second kappa shape index (κ2) is 6.48. The highest BCUT2D eigenvalue weighted by atomic mass is 16.6. The number of morpholine rings is 1. The highest BCUT2D eigenvalue weighted by molar-refractivity contribution is 6.00. The van der Waals surface area contributed by atoms with Gasteiger partial charge in [0.05, 0.1) is 35.5 Å². The van der Waals surface area contributed by atoms with E-state index in [1.165, 1.54) is 23.1 Å². The van der Waals surface area contributed by atoms with Crippen molar-refractivity contribution in [2.75, 3.05) is 31.7 Å². The van der Waals surface area contributed by atoms with Crippen molar-refractivity contribution in [2.45, 2.75) is 6.10 Å².